The molecule has 9 nitrogen and oxygen atoms in total. The Balaban J connectivity index is 1.40. The zero-order chi connectivity index (χ0) is 17.4. The number of benzene rings is 1. The summed E-state index contributed by atoms with van der Waals surface area (Å²) in [6.45, 7) is 3.50. The van der Waals surface area contributed by atoms with Crippen LogP contribution < -0.4 is 9.47 Å². The van der Waals surface area contributed by atoms with Crippen molar-refractivity contribution in [2.45, 2.75) is 6.92 Å². The van der Waals surface area contributed by atoms with Crippen molar-refractivity contribution in [3.05, 3.63) is 35.5 Å². The molecule has 0 N–H and O–H groups in total. The molecule has 130 valence electrons. The number of carbonyl (C=O) groups excluding carboxylic acids is 2. The zero-order valence-corrected chi connectivity index (χ0v) is 13.6. The minimum Gasteiger partial charge on any atom is -0.454 e. The molecule has 0 unspecified atom stereocenters. The molecule has 0 bridgehead atoms. The summed E-state index contributed by atoms with van der Waals surface area (Å²) >= 11 is 0. The SMILES string of the molecule is Cc1nnc(C(=O)N2CCN(C(=O)c3ccc4c(c3)OCO4)CC2)o1. The molecule has 0 radical (unpaired) electrons. The predicted octanol–water partition coefficient (Wildman–Crippen LogP) is 0.705. The maximum Gasteiger partial charge on any atom is 0.311 e. The maximum atomic E-state index is 12.6. The number of hydrogen-bond acceptors (Lipinski definition) is 7. The first-order chi connectivity index (χ1) is 12.1. The molecular formula is C16H16N4O5. The lowest BCUT2D eigenvalue weighted by molar-refractivity contribution is 0.0512. The fourth-order valence-electron chi connectivity index (χ4n) is 2.84. The van der Waals surface area contributed by atoms with E-state index < -0.39 is 0 Å². The summed E-state index contributed by atoms with van der Waals surface area (Å²) in [5.41, 5.74) is 0.538. The molecule has 3 heterocycles. The molecule has 1 saturated heterocycles. The topological polar surface area (TPSA) is 98.0 Å². The highest BCUT2D eigenvalue weighted by atomic mass is 16.7. The third-order valence-electron chi connectivity index (χ3n) is 4.18. The molecule has 1 fully saturated rings. The molecule has 2 aliphatic rings. The van der Waals surface area contributed by atoms with Crippen molar-refractivity contribution in [3.63, 3.8) is 0 Å². The number of carbonyl (C=O) groups is 2. The molecule has 0 aliphatic carbocycles. The van der Waals surface area contributed by atoms with Gasteiger partial charge in [0, 0.05) is 38.7 Å². The quantitative estimate of drug-likeness (QED) is 0.791. The Labute approximate surface area is 143 Å². The molecule has 0 saturated carbocycles. The summed E-state index contributed by atoms with van der Waals surface area (Å²) in [6.07, 6.45) is 0. The minimum atomic E-state index is -0.309. The van der Waals surface area contributed by atoms with E-state index in [-0.39, 0.29) is 24.5 Å². The molecule has 0 spiro atoms. The number of aryl methyl sites for hydroxylation is 1. The van der Waals surface area contributed by atoms with E-state index in [1.165, 1.54) is 0 Å². The minimum absolute atomic E-state index is 0.0203. The van der Waals surface area contributed by atoms with Crippen LogP contribution in [0.1, 0.15) is 26.9 Å². The van der Waals surface area contributed by atoms with Gasteiger partial charge >= 0.3 is 11.8 Å². The van der Waals surface area contributed by atoms with Crippen LogP contribution in [0.5, 0.6) is 11.5 Å². The number of fused-ring (bicyclic) bond motifs is 1. The van der Waals surface area contributed by atoms with Gasteiger partial charge in [-0.2, -0.15) is 0 Å². The Morgan fingerprint density at radius 2 is 1.64 bits per heavy atom. The van der Waals surface area contributed by atoms with Crippen LogP contribution in [0.4, 0.5) is 0 Å². The fourth-order valence-corrected chi connectivity index (χ4v) is 2.84. The second-order valence-corrected chi connectivity index (χ2v) is 5.78. The Morgan fingerprint density at radius 1 is 0.960 bits per heavy atom. The van der Waals surface area contributed by atoms with E-state index in [1.807, 2.05) is 0 Å². The van der Waals surface area contributed by atoms with Gasteiger partial charge in [0.05, 0.1) is 0 Å². The summed E-state index contributed by atoms with van der Waals surface area (Å²) in [4.78, 5) is 28.2. The van der Waals surface area contributed by atoms with Crippen LogP contribution in [0.2, 0.25) is 0 Å². The van der Waals surface area contributed by atoms with Crippen molar-refractivity contribution in [1.29, 1.82) is 0 Å². The Hall–Kier alpha value is -3.10. The average molecular weight is 344 g/mol. The lowest BCUT2D eigenvalue weighted by Crippen LogP contribution is -2.50. The van der Waals surface area contributed by atoms with Crippen molar-refractivity contribution in [1.82, 2.24) is 20.0 Å². The zero-order valence-electron chi connectivity index (χ0n) is 13.6. The Kier molecular flexibility index (Phi) is 3.75. The molecule has 2 aliphatic heterocycles. The maximum absolute atomic E-state index is 12.6. The number of rotatable bonds is 2. The number of amides is 2. The summed E-state index contributed by atoms with van der Waals surface area (Å²) in [5, 5.41) is 7.40. The van der Waals surface area contributed by atoms with Gasteiger partial charge in [-0.3, -0.25) is 9.59 Å². The van der Waals surface area contributed by atoms with E-state index in [0.717, 1.165) is 0 Å². The van der Waals surface area contributed by atoms with Gasteiger partial charge in [0.15, 0.2) is 11.5 Å². The van der Waals surface area contributed by atoms with Crippen LogP contribution in [0, 0.1) is 6.92 Å². The van der Waals surface area contributed by atoms with E-state index in [9.17, 15) is 9.59 Å². The molecule has 9 heteroatoms. The fraction of sp³-hybridized carbons (Fsp3) is 0.375. The van der Waals surface area contributed by atoms with E-state index >= 15 is 0 Å². The first-order valence-corrected chi connectivity index (χ1v) is 7.90. The smallest absolute Gasteiger partial charge is 0.311 e. The molecule has 1 aromatic carbocycles. The van der Waals surface area contributed by atoms with Crippen LogP contribution in [-0.4, -0.2) is 64.8 Å². The number of aromatic nitrogens is 2. The van der Waals surface area contributed by atoms with Crippen LogP contribution >= 0.6 is 0 Å². The summed E-state index contributed by atoms with van der Waals surface area (Å²) in [5.74, 6) is 1.14. The van der Waals surface area contributed by atoms with Gasteiger partial charge in [0.25, 0.3) is 5.91 Å². The van der Waals surface area contributed by atoms with E-state index in [0.29, 0.717) is 49.1 Å². The first kappa shape index (κ1) is 15.4. The largest absolute Gasteiger partial charge is 0.454 e. The number of hydrogen-bond donors (Lipinski definition) is 0. The summed E-state index contributed by atoms with van der Waals surface area (Å²) in [6, 6.07) is 5.13. The third kappa shape index (κ3) is 2.88. The van der Waals surface area contributed by atoms with Crippen LogP contribution in [0.3, 0.4) is 0 Å². The second-order valence-electron chi connectivity index (χ2n) is 5.78. The van der Waals surface area contributed by atoms with Crippen molar-refractivity contribution in [3.8, 4) is 11.5 Å². The first-order valence-electron chi connectivity index (χ1n) is 7.90. The van der Waals surface area contributed by atoms with Crippen LogP contribution in [-0.2, 0) is 0 Å². The normalized spacial score (nSPS) is 16.2. The molecule has 0 atom stereocenters. The Bertz CT molecular complexity index is 826. The van der Waals surface area contributed by atoms with Crippen molar-refractivity contribution in [2.24, 2.45) is 0 Å². The van der Waals surface area contributed by atoms with Crippen molar-refractivity contribution in [2.75, 3.05) is 33.0 Å². The summed E-state index contributed by atoms with van der Waals surface area (Å²) in [7, 11) is 0. The molecule has 4 rings (SSSR count). The van der Waals surface area contributed by atoms with Crippen LogP contribution in [0.25, 0.3) is 0 Å². The van der Waals surface area contributed by atoms with Crippen LogP contribution in [0.15, 0.2) is 22.6 Å². The van der Waals surface area contributed by atoms with E-state index in [2.05, 4.69) is 10.2 Å². The molecule has 2 aromatic rings. The molecule has 2 amide bonds. The molecule has 25 heavy (non-hydrogen) atoms. The predicted molar refractivity (Wildman–Crippen MR) is 83.4 cm³/mol. The van der Waals surface area contributed by atoms with Gasteiger partial charge in [0.2, 0.25) is 12.7 Å². The van der Waals surface area contributed by atoms with Crippen molar-refractivity contribution >= 4 is 11.8 Å². The Morgan fingerprint density at radius 3 is 2.32 bits per heavy atom. The molecule has 1 aromatic heterocycles. The second kappa shape index (κ2) is 6.08. The number of nitrogens with zero attached hydrogens (tertiary/aromatic N) is 4. The highest BCUT2D eigenvalue weighted by molar-refractivity contribution is 5.95. The monoisotopic (exact) mass is 344 g/mol. The number of ether oxygens (including phenoxy) is 2. The highest BCUT2D eigenvalue weighted by Crippen LogP contribution is 2.32. The van der Waals surface area contributed by atoms with Gasteiger partial charge < -0.3 is 23.7 Å². The summed E-state index contributed by atoms with van der Waals surface area (Å²) < 4.78 is 15.7. The van der Waals surface area contributed by atoms with Crippen molar-refractivity contribution < 1.29 is 23.5 Å². The third-order valence-corrected chi connectivity index (χ3v) is 4.18. The highest BCUT2D eigenvalue weighted by Gasteiger charge is 2.28. The number of piperazine rings is 1. The average Bonchev–Trinajstić information content (AvgIpc) is 3.28. The lowest BCUT2D eigenvalue weighted by Gasteiger charge is -2.34. The lowest BCUT2D eigenvalue weighted by atomic mass is 10.1. The van der Waals surface area contributed by atoms with Gasteiger partial charge in [-0.1, -0.05) is 0 Å². The van der Waals surface area contributed by atoms with Gasteiger partial charge in [-0.05, 0) is 18.2 Å². The van der Waals surface area contributed by atoms with Gasteiger partial charge in [-0.25, -0.2) is 0 Å². The van der Waals surface area contributed by atoms with E-state index in [4.69, 9.17) is 13.9 Å². The standard InChI is InChI=1S/C16H16N4O5/c1-10-17-18-14(25-10)16(22)20-6-4-19(5-7-20)15(21)11-2-3-12-13(8-11)24-9-23-12/h2-3,8H,4-7,9H2,1H3. The van der Waals surface area contributed by atoms with Gasteiger partial charge in [0.1, 0.15) is 0 Å². The van der Waals surface area contributed by atoms with Gasteiger partial charge in [-0.15, -0.1) is 10.2 Å². The van der Waals surface area contributed by atoms with E-state index in [1.54, 1.807) is 34.9 Å². The molecular weight excluding hydrogens is 328 g/mol.